The van der Waals surface area contributed by atoms with Crippen LogP contribution in [0.2, 0.25) is 5.02 Å². The molecule has 5 nitrogen and oxygen atoms in total. The third-order valence-electron chi connectivity index (χ3n) is 5.48. The summed E-state index contributed by atoms with van der Waals surface area (Å²) in [6.45, 7) is -0.0126. The highest BCUT2D eigenvalue weighted by atomic mass is 35.5. The molecule has 3 aromatic rings. The Morgan fingerprint density at radius 1 is 0.969 bits per heavy atom. The van der Waals surface area contributed by atoms with Crippen molar-refractivity contribution in [3.8, 4) is 11.1 Å². The number of alkyl carbamates (subject to hydrolysis) is 1. The Morgan fingerprint density at radius 3 is 2.12 bits per heavy atom. The van der Waals surface area contributed by atoms with Gasteiger partial charge in [0.15, 0.2) is 0 Å². The first kappa shape index (κ1) is 21.8. The van der Waals surface area contributed by atoms with Crippen molar-refractivity contribution in [1.29, 1.82) is 0 Å². The van der Waals surface area contributed by atoms with E-state index in [1.165, 1.54) is 0 Å². The van der Waals surface area contributed by atoms with Crippen molar-refractivity contribution in [3.05, 3.63) is 94.0 Å². The fourth-order valence-electron chi connectivity index (χ4n) is 3.94. The second-order valence-electron chi connectivity index (χ2n) is 7.39. The molecule has 0 aliphatic heterocycles. The number of benzene rings is 3. The fourth-order valence-corrected chi connectivity index (χ4v) is 4.17. The number of aliphatic carboxylic acids is 1. The van der Waals surface area contributed by atoms with Crippen LogP contribution in [-0.4, -0.2) is 29.8 Å². The number of nitrogens with one attached hydrogen (secondary N) is 1. The third kappa shape index (κ3) is 4.16. The van der Waals surface area contributed by atoms with Gasteiger partial charge in [-0.25, -0.2) is 18.4 Å². The van der Waals surface area contributed by atoms with Crippen molar-refractivity contribution in [2.75, 3.05) is 6.61 Å². The molecule has 0 spiro atoms. The van der Waals surface area contributed by atoms with Gasteiger partial charge in [0.25, 0.3) is 0 Å². The van der Waals surface area contributed by atoms with Crippen molar-refractivity contribution < 1.29 is 28.2 Å². The minimum Gasteiger partial charge on any atom is -0.480 e. The predicted molar refractivity (Wildman–Crippen MR) is 115 cm³/mol. The smallest absolute Gasteiger partial charge is 0.407 e. The zero-order valence-corrected chi connectivity index (χ0v) is 17.4. The standard InChI is InChI=1S/C24H18ClF2NO4/c25-22-17(19(26)9-10-20(22)27)11-21(23(29)30)28-24(31)32-12-18-15-7-3-1-5-13(15)14-6-2-4-8-16(14)18/h1-10,18,21H,11-12H2,(H,28,31)(H,29,30). The monoisotopic (exact) mass is 457 g/mol. The lowest BCUT2D eigenvalue weighted by Gasteiger charge is -2.18. The molecule has 2 N–H and O–H groups in total. The summed E-state index contributed by atoms with van der Waals surface area (Å²) in [5.74, 6) is -3.38. The molecule has 4 rings (SSSR count). The molecule has 0 radical (unpaired) electrons. The van der Waals surface area contributed by atoms with Gasteiger partial charge < -0.3 is 15.2 Å². The van der Waals surface area contributed by atoms with E-state index in [1.807, 2.05) is 48.5 Å². The van der Waals surface area contributed by atoms with Gasteiger partial charge in [-0.3, -0.25) is 0 Å². The Morgan fingerprint density at radius 2 is 1.53 bits per heavy atom. The van der Waals surface area contributed by atoms with E-state index in [0.29, 0.717) is 0 Å². The van der Waals surface area contributed by atoms with Crippen LogP contribution in [0.5, 0.6) is 0 Å². The molecule has 164 valence electrons. The molecule has 3 aromatic carbocycles. The summed E-state index contributed by atoms with van der Waals surface area (Å²) in [7, 11) is 0. The number of halogens is 3. The highest BCUT2D eigenvalue weighted by Gasteiger charge is 2.30. The fraction of sp³-hybridized carbons (Fsp3) is 0.167. The Labute approximate surface area is 187 Å². The summed E-state index contributed by atoms with van der Waals surface area (Å²) in [6, 6.07) is 15.7. The van der Waals surface area contributed by atoms with E-state index < -0.39 is 41.2 Å². The molecular formula is C24H18ClF2NO4. The highest BCUT2D eigenvalue weighted by molar-refractivity contribution is 6.31. The molecule has 0 heterocycles. The van der Waals surface area contributed by atoms with Gasteiger partial charge in [0.1, 0.15) is 24.3 Å². The van der Waals surface area contributed by atoms with Gasteiger partial charge in [-0.1, -0.05) is 60.1 Å². The lowest BCUT2D eigenvalue weighted by Crippen LogP contribution is -2.43. The van der Waals surface area contributed by atoms with Gasteiger partial charge in [0.05, 0.1) is 5.02 Å². The van der Waals surface area contributed by atoms with Gasteiger partial charge in [-0.15, -0.1) is 0 Å². The van der Waals surface area contributed by atoms with Crippen LogP contribution < -0.4 is 5.32 Å². The SMILES string of the molecule is O=C(NC(Cc1c(F)ccc(F)c1Cl)C(=O)O)OCC1c2ccccc2-c2ccccc21. The number of hydrogen-bond acceptors (Lipinski definition) is 3. The average molecular weight is 458 g/mol. The van der Waals surface area contributed by atoms with Gasteiger partial charge in [-0.05, 0) is 34.4 Å². The summed E-state index contributed by atoms with van der Waals surface area (Å²) < 4.78 is 33.0. The molecular weight excluding hydrogens is 440 g/mol. The van der Waals surface area contributed by atoms with Gasteiger partial charge in [-0.2, -0.15) is 0 Å². The Balaban J connectivity index is 1.46. The van der Waals surface area contributed by atoms with Gasteiger partial charge >= 0.3 is 12.1 Å². The van der Waals surface area contributed by atoms with E-state index in [4.69, 9.17) is 16.3 Å². The van der Waals surface area contributed by atoms with E-state index in [9.17, 15) is 23.5 Å². The lowest BCUT2D eigenvalue weighted by molar-refractivity contribution is -0.139. The molecule has 0 saturated heterocycles. The predicted octanol–water partition coefficient (Wildman–Crippen LogP) is 5.15. The molecule has 1 unspecified atom stereocenters. The van der Waals surface area contributed by atoms with E-state index in [-0.39, 0.29) is 18.1 Å². The quantitative estimate of drug-likeness (QED) is 0.502. The number of ether oxygens (including phenoxy) is 1. The Bertz CT molecular complexity index is 1150. The lowest BCUT2D eigenvalue weighted by atomic mass is 9.98. The minimum absolute atomic E-state index is 0.0126. The minimum atomic E-state index is -1.56. The Kier molecular flexibility index (Phi) is 6.10. The summed E-state index contributed by atoms with van der Waals surface area (Å²) in [4.78, 5) is 24.0. The molecule has 1 aliphatic carbocycles. The average Bonchev–Trinajstić information content (AvgIpc) is 3.11. The number of carbonyl (C=O) groups is 2. The van der Waals surface area contributed by atoms with Crippen LogP contribution in [-0.2, 0) is 16.0 Å². The van der Waals surface area contributed by atoms with Crippen LogP contribution in [0.25, 0.3) is 11.1 Å². The number of carboxylic acid groups (broad SMARTS) is 1. The molecule has 1 amide bonds. The topological polar surface area (TPSA) is 75.6 Å². The number of carboxylic acids is 1. The summed E-state index contributed by atoms with van der Waals surface area (Å²) >= 11 is 5.77. The van der Waals surface area contributed by atoms with Crippen LogP contribution in [0.1, 0.15) is 22.6 Å². The Hall–Kier alpha value is -3.45. The molecule has 0 bridgehead atoms. The van der Waals surface area contributed by atoms with Gasteiger partial charge in [0.2, 0.25) is 0 Å². The van der Waals surface area contributed by atoms with Gasteiger partial charge in [0, 0.05) is 17.9 Å². The van der Waals surface area contributed by atoms with E-state index >= 15 is 0 Å². The number of fused-ring (bicyclic) bond motifs is 3. The third-order valence-corrected chi connectivity index (χ3v) is 5.89. The maximum absolute atomic E-state index is 14.0. The zero-order valence-electron chi connectivity index (χ0n) is 16.6. The zero-order chi connectivity index (χ0) is 22.8. The first-order valence-electron chi connectivity index (χ1n) is 9.83. The number of carbonyl (C=O) groups excluding carboxylic acids is 1. The van der Waals surface area contributed by atoms with Crippen molar-refractivity contribution in [3.63, 3.8) is 0 Å². The molecule has 0 fully saturated rings. The van der Waals surface area contributed by atoms with E-state index in [0.717, 1.165) is 34.4 Å². The molecule has 1 aliphatic rings. The molecule has 1 atom stereocenters. The van der Waals surface area contributed by atoms with Crippen LogP contribution in [0.3, 0.4) is 0 Å². The molecule has 0 aromatic heterocycles. The van der Waals surface area contributed by atoms with Crippen LogP contribution >= 0.6 is 11.6 Å². The van der Waals surface area contributed by atoms with Crippen molar-refractivity contribution in [2.24, 2.45) is 0 Å². The number of amides is 1. The second kappa shape index (κ2) is 8.96. The van der Waals surface area contributed by atoms with Crippen LogP contribution in [0.15, 0.2) is 60.7 Å². The first-order valence-corrected chi connectivity index (χ1v) is 10.2. The van der Waals surface area contributed by atoms with Crippen LogP contribution in [0, 0.1) is 11.6 Å². The maximum atomic E-state index is 14.0. The number of rotatable bonds is 6. The van der Waals surface area contributed by atoms with Crippen LogP contribution in [0.4, 0.5) is 13.6 Å². The largest absolute Gasteiger partial charge is 0.480 e. The van der Waals surface area contributed by atoms with E-state index in [1.54, 1.807) is 0 Å². The highest BCUT2D eigenvalue weighted by Crippen LogP contribution is 2.44. The maximum Gasteiger partial charge on any atom is 0.407 e. The second-order valence-corrected chi connectivity index (χ2v) is 7.76. The molecule has 8 heteroatoms. The molecule has 0 saturated carbocycles. The summed E-state index contributed by atoms with van der Waals surface area (Å²) in [5, 5.41) is 11.1. The van der Waals surface area contributed by atoms with Crippen molar-refractivity contribution >= 4 is 23.7 Å². The summed E-state index contributed by atoms with van der Waals surface area (Å²) in [6.07, 6.45) is -1.52. The van der Waals surface area contributed by atoms with E-state index in [2.05, 4.69) is 5.32 Å². The van der Waals surface area contributed by atoms with Crippen molar-refractivity contribution in [2.45, 2.75) is 18.4 Å². The summed E-state index contributed by atoms with van der Waals surface area (Å²) in [5.41, 5.74) is 3.78. The number of hydrogen-bond donors (Lipinski definition) is 2. The normalized spacial score (nSPS) is 13.2. The first-order chi connectivity index (χ1) is 15.4. The van der Waals surface area contributed by atoms with Crippen molar-refractivity contribution in [1.82, 2.24) is 5.32 Å². The molecule has 32 heavy (non-hydrogen) atoms.